The van der Waals surface area contributed by atoms with E-state index in [9.17, 15) is 22.0 Å². The van der Waals surface area contributed by atoms with Crippen molar-refractivity contribution in [1.82, 2.24) is 0 Å². The predicted octanol–water partition coefficient (Wildman–Crippen LogP) is 2.39. The number of carbonyl (C=O) groups excluding carboxylic acids is 1. The monoisotopic (exact) mass is 322 g/mol. The molecule has 0 spiro atoms. The molecule has 0 N–H and O–H groups in total. The topological polar surface area (TPSA) is 51.2 Å². The molecule has 114 valence electrons. The van der Waals surface area contributed by atoms with E-state index >= 15 is 0 Å². The van der Waals surface area contributed by atoms with Crippen molar-refractivity contribution in [3.63, 3.8) is 0 Å². The highest BCUT2D eigenvalue weighted by Gasteiger charge is 2.26. The van der Waals surface area contributed by atoms with Crippen LogP contribution in [0.4, 0.5) is 8.78 Å². The van der Waals surface area contributed by atoms with Crippen LogP contribution in [0.25, 0.3) is 0 Å². The molecule has 0 fully saturated rings. The first-order valence-electron chi connectivity index (χ1n) is 6.31. The van der Waals surface area contributed by atoms with E-state index in [1.165, 1.54) is 30.3 Å². The molecule has 1 unspecified atom stereocenters. The summed E-state index contributed by atoms with van der Waals surface area (Å²) in [5, 5.41) is 0. The Bertz CT molecular complexity index is 807. The Morgan fingerprint density at radius 2 is 1.73 bits per heavy atom. The molecular formula is C16H12F2O3S. The zero-order valence-corrected chi connectivity index (χ0v) is 12.4. The van der Waals surface area contributed by atoms with E-state index in [1.807, 2.05) is 0 Å². The molecule has 0 radical (unpaired) electrons. The molecule has 0 heterocycles. The standard InChI is InChI=1S/C16H12F2O3S/c1-22(20,21)13-7-4-11(5-8-13)2-3-12-6-9-15(19)14(10-12)16(17)18/h4-10,14,16H,1H3. The van der Waals surface area contributed by atoms with Crippen LogP contribution >= 0.6 is 0 Å². The van der Waals surface area contributed by atoms with E-state index in [1.54, 1.807) is 0 Å². The summed E-state index contributed by atoms with van der Waals surface area (Å²) >= 11 is 0. The number of carbonyl (C=O) groups is 1. The van der Waals surface area contributed by atoms with Crippen LogP contribution in [-0.2, 0) is 14.6 Å². The molecule has 6 heteroatoms. The van der Waals surface area contributed by atoms with Gasteiger partial charge in [0.1, 0.15) is 5.92 Å². The van der Waals surface area contributed by atoms with E-state index < -0.39 is 28.0 Å². The van der Waals surface area contributed by atoms with Gasteiger partial charge in [-0.3, -0.25) is 4.79 Å². The SMILES string of the molecule is CS(=O)(=O)c1ccc(C#CC2=CC(C(F)F)C(=O)C=C2)cc1. The molecule has 22 heavy (non-hydrogen) atoms. The van der Waals surface area contributed by atoms with Crippen molar-refractivity contribution in [2.75, 3.05) is 6.26 Å². The number of hydrogen-bond donors (Lipinski definition) is 0. The second-order valence-corrected chi connectivity index (χ2v) is 6.78. The number of hydrogen-bond acceptors (Lipinski definition) is 3. The van der Waals surface area contributed by atoms with E-state index in [4.69, 9.17) is 0 Å². The lowest BCUT2D eigenvalue weighted by atomic mass is 9.95. The molecule has 1 aromatic rings. The first-order chi connectivity index (χ1) is 10.3. The maximum atomic E-state index is 12.7. The van der Waals surface area contributed by atoms with Gasteiger partial charge in [-0.25, -0.2) is 17.2 Å². The van der Waals surface area contributed by atoms with Crippen LogP contribution in [0.5, 0.6) is 0 Å². The highest BCUT2D eigenvalue weighted by atomic mass is 32.2. The third-order valence-electron chi connectivity index (χ3n) is 3.02. The molecular weight excluding hydrogens is 310 g/mol. The summed E-state index contributed by atoms with van der Waals surface area (Å²) in [6, 6.07) is 5.92. The molecule has 0 bridgehead atoms. The van der Waals surface area contributed by atoms with Crippen molar-refractivity contribution in [3.05, 3.63) is 53.6 Å². The lowest BCUT2D eigenvalue weighted by Crippen LogP contribution is -2.20. The molecule has 1 atom stereocenters. The average molecular weight is 322 g/mol. The summed E-state index contributed by atoms with van der Waals surface area (Å²) in [6.45, 7) is 0. The Labute approximate surface area is 127 Å². The summed E-state index contributed by atoms with van der Waals surface area (Å²) in [5.41, 5.74) is 0.879. The highest BCUT2D eigenvalue weighted by molar-refractivity contribution is 7.90. The molecule has 0 saturated carbocycles. The molecule has 1 aliphatic carbocycles. The second-order valence-electron chi connectivity index (χ2n) is 4.76. The van der Waals surface area contributed by atoms with Gasteiger partial charge in [0.25, 0.3) is 6.43 Å². The molecule has 1 aliphatic rings. The molecule has 0 aromatic heterocycles. The third-order valence-corrected chi connectivity index (χ3v) is 4.15. The number of allylic oxidation sites excluding steroid dienone is 4. The van der Waals surface area contributed by atoms with Crippen molar-refractivity contribution in [2.45, 2.75) is 11.3 Å². The van der Waals surface area contributed by atoms with Crippen molar-refractivity contribution in [2.24, 2.45) is 5.92 Å². The summed E-state index contributed by atoms with van der Waals surface area (Å²) in [7, 11) is -3.27. The van der Waals surface area contributed by atoms with Crippen LogP contribution in [0, 0.1) is 17.8 Å². The normalized spacial score (nSPS) is 17.9. The quantitative estimate of drug-likeness (QED) is 0.786. The van der Waals surface area contributed by atoms with Gasteiger partial charge in [-0.05, 0) is 36.4 Å². The van der Waals surface area contributed by atoms with E-state index in [0.29, 0.717) is 11.1 Å². The molecule has 0 aliphatic heterocycles. The van der Waals surface area contributed by atoms with Crippen molar-refractivity contribution < 1.29 is 22.0 Å². The van der Waals surface area contributed by atoms with E-state index in [-0.39, 0.29) is 4.90 Å². The second kappa shape index (κ2) is 6.24. The number of ketones is 1. The lowest BCUT2D eigenvalue weighted by Gasteiger charge is -2.11. The zero-order valence-electron chi connectivity index (χ0n) is 11.6. The fourth-order valence-electron chi connectivity index (χ4n) is 1.82. The van der Waals surface area contributed by atoms with Crippen LogP contribution in [0.3, 0.4) is 0 Å². The summed E-state index contributed by atoms with van der Waals surface area (Å²) in [5.74, 6) is 3.34. The lowest BCUT2D eigenvalue weighted by molar-refractivity contribution is -0.120. The number of halogens is 2. The number of rotatable bonds is 2. The summed E-state index contributed by atoms with van der Waals surface area (Å²) in [4.78, 5) is 11.4. The average Bonchev–Trinajstić information content (AvgIpc) is 2.45. The molecule has 3 nitrogen and oxygen atoms in total. The van der Waals surface area contributed by atoms with Crippen molar-refractivity contribution >= 4 is 15.6 Å². The maximum Gasteiger partial charge on any atom is 0.252 e. The number of benzene rings is 1. The molecule has 2 rings (SSSR count). The van der Waals surface area contributed by atoms with Crippen LogP contribution in [0.1, 0.15) is 5.56 Å². The molecule has 1 aromatic carbocycles. The first kappa shape index (κ1) is 16.1. The van der Waals surface area contributed by atoms with Gasteiger partial charge in [0, 0.05) is 17.4 Å². The van der Waals surface area contributed by atoms with Gasteiger partial charge in [0.15, 0.2) is 15.6 Å². The van der Waals surface area contributed by atoms with Gasteiger partial charge in [0.05, 0.1) is 4.90 Å². The smallest absolute Gasteiger partial charge is 0.252 e. The fourth-order valence-corrected chi connectivity index (χ4v) is 2.45. The number of sulfone groups is 1. The van der Waals surface area contributed by atoms with Gasteiger partial charge < -0.3 is 0 Å². The Kier molecular flexibility index (Phi) is 4.57. The first-order valence-corrected chi connectivity index (χ1v) is 8.20. The Morgan fingerprint density at radius 1 is 1.09 bits per heavy atom. The Hall–Kier alpha value is -2.26. The summed E-state index contributed by atoms with van der Waals surface area (Å²) in [6.07, 6.45) is 1.97. The predicted molar refractivity (Wildman–Crippen MR) is 78.2 cm³/mol. The van der Waals surface area contributed by atoms with Gasteiger partial charge in [-0.15, -0.1) is 0 Å². The Balaban J connectivity index is 2.22. The zero-order chi connectivity index (χ0) is 16.3. The molecule has 0 saturated heterocycles. The van der Waals surface area contributed by atoms with Gasteiger partial charge in [-0.1, -0.05) is 17.9 Å². The minimum absolute atomic E-state index is 0.179. The minimum atomic E-state index is -3.27. The highest BCUT2D eigenvalue weighted by Crippen LogP contribution is 2.20. The van der Waals surface area contributed by atoms with Crippen LogP contribution in [0.2, 0.25) is 0 Å². The third kappa shape index (κ3) is 3.89. The van der Waals surface area contributed by atoms with Crippen molar-refractivity contribution in [1.29, 1.82) is 0 Å². The van der Waals surface area contributed by atoms with E-state index in [2.05, 4.69) is 11.8 Å². The summed E-state index contributed by atoms with van der Waals surface area (Å²) < 4.78 is 48.0. The fraction of sp³-hybridized carbons (Fsp3) is 0.188. The Morgan fingerprint density at radius 3 is 2.27 bits per heavy atom. The maximum absolute atomic E-state index is 12.7. The minimum Gasteiger partial charge on any atom is -0.294 e. The van der Waals surface area contributed by atoms with Crippen LogP contribution in [0.15, 0.2) is 53.0 Å². The van der Waals surface area contributed by atoms with Crippen LogP contribution < -0.4 is 0 Å². The number of alkyl halides is 2. The van der Waals surface area contributed by atoms with Gasteiger partial charge >= 0.3 is 0 Å². The van der Waals surface area contributed by atoms with Crippen molar-refractivity contribution in [3.8, 4) is 11.8 Å². The largest absolute Gasteiger partial charge is 0.294 e. The van der Waals surface area contributed by atoms with Gasteiger partial charge in [-0.2, -0.15) is 0 Å². The van der Waals surface area contributed by atoms with E-state index in [0.717, 1.165) is 18.4 Å². The molecule has 0 amide bonds. The van der Waals surface area contributed by atoms with Gasteiger partial charge in [0.2, 0.25) is 0 Å². The van der Waals surface area contributed by atoms with Crippen LogP contribution in [-0.4, -0.2) is 26.9 Å².